The van der Waals surface area contributed by atoms with Gasteiger partial charge in [0.15, 0.2) is 0 Å². The van der Waals surface area contributed by atoms with E-state index < -0.39 is 11.3 Å². The van der Waals surface area contributed by atoms with E-state index in [0.29, 0.717) is 0 Å². The molecule has 0 spiro atoms. The Balaban J connectivity index is 1.85. The number of amides is 3. The summed E-state index contributed by atoms with van der Waals surface area (Å²) in [5, 5.41) is 8.27. The first-order chi connectivity index (χ1) is 13.3. The molecule has 0 saturated heterocycles. The Morgan fingerprint density at radius 3 is 2.50 bits per heavy atom. The molecule has 0 aliphatic heterocycles. The van der Waals surface area contributed by atoms with Gasteiger partial charge in [-0.15, -0.1) is 11.3 Å². The van der Waals surface area contributed by atoms with Crippen LogP contribution in [0.5, 0.6) is 0 Å². The van der Waals surface area contributed by atoms with Crippen molar-refractivity contribution in [3.05, 3.63) is 41.5 Å². The minimum absolute atomic E-state index is 0.0416. The molecule has 2 heterocycles. The number of thiophene rings is 1. The van der Waals surface area contributed by atoms with E-state index in [1.165, 1.54) is 23.7 Å². The molecule has 6 nitrogen and oxygen atoms in total. The van der Waals surface area contributed by atoms with E-state index in [-0.39, 0.29) is 11.9 Å². The van der Waals surface area contributed by atoms with Gasteiger partial charge in [0.05, 0.1) is 10.6 Å². The summed E-state index contributed by atoms with van der Waals surface area (Å²) in [6.07, 6.45) is 1.51. The first-order valence-electron chi connectivity index (χ1n) is 8.92. The SMILES string of the molecule is Cc1ccc(-c2csc3ncnc(S[C@H](C)C(=O)NC(=O)NC(C)C)c23)cc1. The third-order valence-corrected chi connectivity index (χ3v) is 6.00. The van der Waals surface area contributed by atoms with Crippen LogP contribution in [0.4, 0.5) is 4.79 Å². The van der Waals surface area contributed by atoms with Gasteiger partial charge < -0.3 is 5.32 Å². The standard InChI is InChI=1S/C20H22N4O2S2/c1-11(2)23-20(26)24-17(25)13(4)28-19-16-15(9-27-18(16)21-10-22-19)14-7-5-12(3)6-8-14/h5-11,13H,1-4H3,(H2,23,24,25,26)/t13-/m1/s1. The average Bonchev–Trinajstić information content (AvgIpc) is 3.06. The molecule has 146 valence electrons. The maximum atomic E-state index is 12.4. The summed E-state index contributed by atoms with van der Waals surface area (Å²) in [6, 6.07) is 7.75. The second-order valence-electron chi connectivity index (χ2n) is 6.75. The van der Waals surface area contributed by atoms with Crippen LogP contribution in [0, 0.1) is 6.92 Å². The molecule has 3 amide bonds. The molecule has 2 N–H and O–H groups in total. The van der Waals surface area contributed by atoms with Crippen LogP contribution in [0.3, 0.4) is 0 Å². The largest absolute Gasteiger partial charge is 0.336 e. The van der Waals surface area contributed by atoms with Gasteiger partial charge in [-0.1, -0.05) is 41.6 Å². The maximum absolute atomic E-state index is 12.4. The van der Waals surface area contributed by atoms with Crippen molar-refractivity contribution in [3.63, 3.8) is 0 Å². The van der Waals surface area contributed by atoms with Gasteiger partial charge in [-0.2, -0.15) is 0 Å². The van der Waals surface area contributed by atoms with Gasteiger partial charge >= 0.3 is 6.03 Å². The number of benzene rings is 1. The lowest BCUT2D eigenvalue weighted by atomic mass is 10.1. The van der Waals surface area contributed by atoms with Crippen LogP contribution < -0.4 is 10.6 Å². The van der Waals surface area contributed by atoms with Crippen molar-refractivity contribution in [2.24, 2.45) is 0 Å². The highest BCUT2D eigenvalue weighted by molar-refractivity contribution is 8.00. The fraction of sp³-hybridized carbons (Fsp3) is 0.300. The Kier molecular flexibility index (Phi) is 6.31. The van der Waals surface area contributed by atoms with Crippen molar-refractivity contribution in [1.82, 2.24) is 20.6 Å². The molecule has 0 radical (unpaired) electrons. The highest BCUT2D eigenvalue weighted by Gasteiger charge is 2.21. The summed E-state index contributed by atoms with van der Waals surface area (Å²) in [7, 11) is 0. The number of aromatic nitrogens is 2. The summed E-state index contributed by atoms with van der Waals surface area (Å²) >= 11 is 2.87. The Morgan fingerprint density at radius 2 is 1.82 bits per heavy atom. The van der Waals surface area contributed by atoms with Crippen LogP contribution in [-0.4, -0.2) is 33.2 Å². The van der Waals surface area contributed by atoms with Crippen LogP contribution in [0.2, 0.25) is 0 Å². The van der Waals surface area contributed by atoms with Gasteiger partial charge in [-0.3, -0.25) is 10.1 Å². The first-order valence-corrected chi connectivity index (χ1v) is 10.7. The van der Waals surface area contributed by atoms with Gasteiger partial charge in [0.25, 0.3) is 0 Å². The number of carbonyl (C=O) groups is 2. The fourth-order valence-electron chi connectivity index (χ4n) is 2.62. The van der Waals surface area contributed by atoms with Crippen molar-refractivity contribution in [3.8, 4) is 11.1 Å². The zero-order valence-corrected chi connectivity index (χ0v) is 17.8. The molecule has 3 aromatic rings. The maximum Gasteiger partial charge on any atom is 0.321 e. The second-order valence-corrected chi connectivity index (χ2v) is 8.94. The van der Waals surface area contributed by atoms with Crippen LogP contribution in [0.25, 0.3) is 21.3 Å². The van der Waals surface area contributed by atoms with Crippen molar-refractivity contribution in [2.75, 3.05) is 0 Å². The summed E-state index contributed by atoms with van der Waals surface area (Å²) in [5.41, 5.74) is 3.33. The molecule has 1 aromatic carbocycles. The molecule has 0 unspecified atom stereocenters. The molecule has 0 fully saturated rings. The van der Waals surface area contributed by atoms with Gasteiger partial charge in [-0.05, 0) is 33.3 Å². The quantitative estimate of drug-likeness (QED) is 0.478. The number of thioether (sulfide) groups is 1. The van der Waals surface area contributed by atoms with Crippen LogP contribution in [0.15, 0.2) is 41.0 Å². The molecule has 8 heteroatoms. The van der Waals surface area contributed by atoms with Crippen LogP contribution >= 0.6 is 23.1 Å². The zero-order chi connectivity index (χ0) is 20.3. The Bertz CT molecular complexity index is 999. The van der Waals surface area contributed by atoms with Gasteiger partial charge in [-0.25, -0.2) is 14.8 Å². The van der Waals surface area contributed by atoms with Crippen molar-refractivity contribution in [1.29, 1.82) is 0 Å². The Morgan fingerprint density at radius 1 is 1.11 bits per heavy atom. The van der Waals surface area contributed by atoms with Gasteiger partial charge in [0, 0.05) is 17.0 Å². The Labute approximate surface area is 172 Å². The lowest BCUT2D eigenvalue weighted by molar-refractivity contribution is -0.119. The number of nitrogens with one attached hydrogen (secondary N) is 2. The highest BCUT2D eigenvalue weighted by Crippen LogP contribution is 2.38. The summed E-state index contributed by atoms with van der Waals surface area (Å²) in [4.78, 5) is 33.8. The minimum Gasteiger partial charge on any atom is -0.336 e. The topological polar surface area (TPSA) is 84.0 Å². The lowest BCUT2D eigenvalue weighted by Gasteiger charge is -2.13. The van der Waals surface area contributed by atoms with E-state index in [4.69, 9.17) is 0 Å². The zero-order valence-electron chi connectivity index (χ0n) is 16.1. The number of aryl methyl sites for hydroxylation is 1. The number of rotatable bonds is 5. The molecule has 28 heavy (non-hydrogen) atoms. The molecule has 3 rings (SSSR count). The van der Waals surface area contributed by atoms with Crippen LogP contribution in [0.1, 0.15) is 26.3 Å². The lowest BCUT2D eigenvalue weighted by Crippen LogP contribution is -2.45. The molecule has 0 aliphatic carbocycles. The fourth-order valence-corrected chi connectivity index (χ4v) is 4.53. The predicted octanol–water partition coefficient (Wildman–Crippen LogP) is 4.38. The van der Waals surface area contributed by atoms with E-state index in [0.717, 1.165) is 26.4 Å². The molecular weight excluding hydrogens is 392 g/mol. The number of hydrogen-bond donors (Lipinski definition) is 2. The first kappa shape index (κ1) is 20.3. The summed E-state index contributed by atoms with van der Waals surface area (Å²) in [5.74, 6) is -0.359. The minimum atomic E-state index is -0.490. The van der Waals surface area contributed by atoms with Crippen molar-refractivity contribution < 1.29 is 9.59 Å². The van der Waals surface area contributed by atoms with E-state index in [2.05, 4.69) is 57.2 Å². The molecule has 2 aromatic heterocycles. The monoisotopic (exact) mass is 414 g/mol. The number of nitrogens with zero attached hydrogens (tertiary/aromatic N) is 2. The number of imide groups is 1. The highest BCUT2D eigenvalue weighted by atomic mass is 32.2. The van der Waals surface area contributed by atoms with E-state index >= 15 is 0 Å². The van der Waals surface area contributed by atoms with Crippen molar-refractivity contribution in [2.45, 2.75) is 44.0 Å². The van der Waals surface area contributed by atoms with Crippen LogP contribution in [-0.2, 0) is 4.79 Å². The predicted molar refractivity (Wildman–Crippen MR) is 115 cm³/mol. The molecule has 0 saturated carbocycles. The number of fused-ring (bicyclic) bond motifs is 1. The average molecular weight is 415 g/mol. The van der Waals surface area contributed by atoms with Gasteiger partial charge in [0.1, 0.15) is 16.2 Å². The normalized spacial score (nSPS) is 12.2. The molecule has 0 aliphatic rings. The molecular formula is C20H22N4O2S2. The van der Waals surface area contributed by atoms with Crippen molar-refractivity contribution >= 4 is 45.3 Å². The summed E-state index contributed by atoms with van der Waals surface area (Å²) < 4.78 is 0. The molecule has 1 atom stereocenters. The number of urea groups is 1. The number of carbonyl (C=O) groups excluding carboxylic acids is 2. The van der Waals surface area contributed by atoms with E-state index in [9.17, 15) is 9.59 Å². The third kappa shape index (κ3) is 4.69. The molecule has 0 bridgehead atoms. The second kappa shape index (κ2) is 8.70. The smallest absolute Gasteiger partial charge is 0.321 e. The third-order valence-electron chi connectivity index (χ3n) is 4.01. The summed E-state index contributed by atoms with van der Waals surface area (Å²) in [6.45, 7) is 7.48. The Hall–Kier alpha value is -2.45. The van der Waals surface area contributed by atoms with E-state index in [1.807, 2.05) is 13.8 Å². The van der Waals surface area contributed by atoms with Gasteiger partial charge in [0.2, 0.25) is 5.91 Å². The number of hydrogen-bond acceptors (Lipinski definition) is 6. The van der Waals surface area contributed by atoms with E-state index in [1.54, 1.807) is 18.3 Å².